The summed E-state index contributed by atoms with van der Waals surface area (Å²) in [6, 6.07) is 11.1. The van der Waals surface area contributed by atoms with Gasteiger partial charge in [-0.2, -0.15) is 0 Å². The number of para-hydroxylation sites is 2. The first-order valence-electron chi connectivity index (χ1n) is 7.23. The van der Waals surface area contributed by atoms with Gasteiger partial charge >= 0.3 is 0 Å². The maximum absolute atomic E-state index is 13.2. The number of rotatable bonds is 2. The van der Waals surface area contributed by atoms with Crippen molar-refractivity contribution in [3.63, 3.8) is 0 Å². The van der Waals surface area contributed by atoms with Gasteiger partial charge in [-0.15, -0.1) is 0 Å². The highest BCUT2D eigenvalue weighted by atomic mass is 32.2. The number of benzene rings is 2. The van der Waals surface area contributed by atoms with Crippen molar-refractivity contribution in [2.24, 2.45) is 0 Å². The normalized spacial score (nSPS) is 14.4. The summed E-state index contributed by atoms with van der Waals surface area (Å²) in [6.07, 6.45) is 0. The zero-order valence-electron chi connectivity index (χ0n) is 13.0. The van der Waals surface area contributed by atoms with Gasteiger partial charge in [0.2, 0.25) is 0 Å². The van der Waals surface area contributed by atoms with Gasteiger partial charge in [-0.25, -0.2) is 8.42 Å². The Morgan fingerprint density at radius 3 is 2.36 bits per heavy atom. The first-order chi connectivity index (χ1) is 10.4. The Labute approximate surface area is 131 Å². The lowest BCUT2D eigenvalue weighted by molar-refractivity contribution is 0.316. The highest BCUT2D eigenvalue weighted by Gasteiger charge is 2.32. The molecule has 2 aromatic carbocycles. The van der Waals surface area contributed by atoms with Crippen molar-refractivity contribution in [2.45, 2.75) is 25.7 Å². The molecule has 0 unspecified atom stereocenters. The number of sulfonamides is 1. The van der Waals surface area contributed by atoms with Gasteiger partial charge in [-0.1, -0.05) is 29.8 Å². The molecule has 0 radical (unpaired) electrons. The van der Waals surface area contributed by atoms with Crippen LogP contribution in [0.4, 0.5) is 5.69 Å². The number of anilines is 1. The SMILES string of the molecule is Cc1cc(C)c(S(=O)(=O)N2CCOc3ccccc32)c(C)c1. The summed E-state index contributed by atoms with van der Waals surface area (Å²) in [4.78, 5) is 0.398. The lowest BCUT2D eigenvalue weighted by Crippen LogP contribution is -2.38. The Bertz CT molecular complexity index is 805. The molecule has 0 saturated heterocycles. The highest BCUT2D eigenvalue weighted by molar-refractivity contribution is 7.93. The van der Waals surface area contributed by atoms with Crippen molar-refractivity contribution in [3.8, 4) is 5.75 Å². The van der Waals surface area contributed by atoms with E-state index in [4.69, 9.17) is 4.74 Å². The van der Waals surface area contributed by atoms with Crippen LogP contribution in [-0.4, -0.2) is 21.6 Å². The van der Waals surface area contributed by atoms with E-state index in [-0.39, 0.29) is 0 Å². The van der Waals surface area contributed by atoms with Crippen molar-refractivity contribution in [3.05, 3.63) is 53.1 Å². The number of fused-ring (bicyclic) bond motifs is 1. The van der Waals surface area contributed by atoms with E-state index in [2.05, 4.69) is 0 Å². The molecule has 2 aromatic rings. The van der Waals surface area contributed by atoms with Gasteiger partial charge in [-0.3, -0.25) is 4.31 Å². The maximum Gasteiger partial charge on any atom is 0.265 e. The van der Waals surface area contributed by atoms with Gasteiger partial charge in [0.05, 0.1) is 17.1 Å². The second-order valence-electron chi connectivity index (χ2n) is 5.62. The van der Waals surface area contributed by atoms with E-state index in [0.29, 0.717) is 29.5 Å². The molecule has 0 atom stereocenters. The Morgan fingerprint density at radius 1 is 1.05 bits per heavy atom. The fourth-order valence-corrected chi connectivity index (χ4v) is 4.95. The van der Waals surface area contributed by atoms with E-state index in [9.17, 15) is 8.42 Å². The molecule has 0 fully saturated rings. The molecule has 116 valence electrons. The van der Waals surface area contributed by atoms with Gasteiger partial charge in [0, 0.05) is 0 Å². The predicted molar refractivity (Wildman–Crippen MR) is 87.1 cm³/mol. The number of hydrogen-bond donors (Lipinski definition) is 0. The zero-order valence-corrected chi connectivity index (χ0v) is 13.8. The van der Waals surface area contributed by atoms with Crippen LogP contribution in [0.1, 0.15) is 16.7 Å². The summed E-state index contributed by atoms with van der Waals surface area (Å²) >= 11 is 0. The minimum absolute atomic E-state index is 0.325. The number of nitrogens with zero attached hydrogens (tertiary/aromatic N) is 1. The van der Waals surface area contributed by atoms with Crippen LogP contribution >= 0.6 is 0 Å². The van der Waals surface area contributed by atoms with Crippen molar-refractivity contribution in [2.75, 3.05) is 17.5 Å². The summed E-state index contributed by atoms with van der Waals surface area (Å²) in [7, 11) is -3.60. The van der Waals surface area contributed by atoms with Crippen LogP contribution in [0.3, 0.4) is 0 Å². The molecule has 4 nitrogen and oxygen atoms in total. The molecule has 5 heteroatoms. The van der Waals surface area contributed by atoms with Crippen LogP contribution in [0.25, 0.3) is 0 Å². The minimum atomic E-state index is -3.60. The van der Waals surface area contributed by atoms with Gasteiger partial charge in [0.1, 0.15) is 12.4 Å². The van der Waals surface area contributed by atoms with E-state index in [0.717, 1.165) is 16.7 Å². The van der Waals surface area contributed by atoms with Crippen LogP contribution in [0.2, 0.25) is 0 Å². The van der Waals surface area contributed by atoms with E-state index in [1.165, 1.54) is 4.31 Å². The Balaban J connectivity index is 2.17. The van der Waals surface area contributed by atoms with Crippen molar-refractivity contribution in [1.82, 2.24) is 0 Å². The molecule has 3 rings (SSSR count). The number of hydrogen-bond acceptors (Lipinski definition) is 3. The summed E-state index contributed by atoms with van der Waals surface area (Å²) in [5.41, 5.74) is 3.23. The average molecular weight is 317 g/mol. The second-order valence-corrected chi connectivity index (χ2v) is 7.42. The Hall–Kier alpha value is -2.01. The molecule has 0 aliphatic carbocycles. The number of aryl methyl sites for hydroxylation is 3. The van der Waals surface area contributed by atoms with E-state index < -0.39 is 10.0 Å². The third kappa shape index (κ3) is 2.35. The second kappa shape index (κ2) is 5.32. The van der Waals surface area contributed by atoms with E-state index in [1.54, 1.807) is 12.1 Å². The van der Waals surface area contributed by atoms with Crippen LogP contribution < -0.4 is 9.04 Å². The van der Waals surface area contributed by atoms with Crippen molar-refractivity contribution >= 4 is 15.7 Å². The molecule has 0 bridgehead atoms. The summed E-state index contributed by atoms with van der Waals surface area (Å²) in [6.45, 7) is 6.35. The Kier molecular flexibility index (Phi) is 3.60. The van der Waals surface area contributed by atoms with Crippen LogP contribution in [0.5, 0.6) is 5.75 Å². The monoisotopic (exact) mass is 317 g/mol. The smallest absolute Gasteiger partial charge is 0.265 e. The van der Waals surface area contributed by atoms with E-state index >= 15 is 0 Å². The summed E-state index contributed by atoms with van der Waals surface area (Å²) < 4.78 is 33.4. The first kappa shape index (κ1) is 14.9. The largest absolute Gasteiger partial charge is 0.489 e. The Morgan fingerprint density at radius 2 is 1.68 bits per heavy atom. The fraction of sp³-hybridized carbons (Fsp3) is 0.294. The predicted octanol–water partition coefficient (Wildman–Crippen LogP) is 3.20. The standard InChI is InChI=1S/C17H19NO3S/c1-12-10-13(2)17(14(3)11-12)22(19,20)18-8-9-21-16-7-5-4-6-15(16)18/h4-7,10-11H,8-9H2,1-3H3. The topological polar surface area (TPSA) is 46.6 Å². The maximum atomic E-state index is 13.2. The lowest BCUT2D eigenvalue weighted by Gasteiger charge is -2.31. The third-order valence-corrected chi connectivity index (χ3v) is 5.96. The van der Waals surface area contributed by atoms with Crippen molar-refractivity contribution in [1.29, 1.82) is 0 Å². The number of ether oxygens (including phenoxy) is 1. The van der Waals surface area contributed by atoms with Gasteiger partial charge in [0.15, 0.2) is 0 Å². The molecule has 0 spiro atoms. The molecule has 0 N–H and O–H groups in total. The van der Waals surface area contributed by atoms with Crippen LogP contribution in [0, 0.1) is 20.8 Å². The van der Waals surface area contributed by atoms with Crippen LogP contribution in [-0.2, 0) is 10.0 Å². The van der Waals surface area contributed by atoms with Crippen LogP contribution in [0.15, 0.2) is 41.3 Å². The van der Waals surface area contributed by atoms with E-state index in [1.807, 2.05) is 45.0 Å². The molecule has 0 amide bonds. The quantitative estimate of drug-likeness (QED) is 0.854. The lowest BCUT2D eigenvalue weighted by atomic mass is 10.1. The molecule has 1 aliphatic heterocycles. The fourth-order valence-electron chi connectivity index (χ4n) is 3.08. The molecule has 1 aliphatic rings. The average Bonchev–Trinajstić information content (AvgIpc) is 2.45. The molecule has 0 saturated carbocycles. The summed E-state index contributed by atoms with van der Waals surface area (Å²) in [5, 5.41) is 0. The third-order valence-electron chi connectivity index (χ3n) is 3.84. The molecule has 22 heavy (non-hydrogen) atoms. The molecular weight excluding hydrogens is 298 g/mol. The van der Waals surface area contributed by atoms with Gasteiger partial charge in [-0.05, 0) is 44.0 Å². The molecular formula is C17H19NO3S. The minimum Gasteiger partial charge on any atom is -0.489 e. The molecule has 1 heterocycles. The highest BCUT2D eigenvalue weighted by Crippen LogP contribution is 2.36. The summed E-state index contributed by atoms with van der Waals surface area (Å²) in [5.74, 6) is 0.611. The molecule has 0 aromatic heterocycles. The van der Waals surface area contributed by atoms with Crippen molar-refractivity contribution < 1.29 is 13.2 Å². The first-order valence-corrected chi connectivity index (χ1v) is 8.67. The van der Waals surface area contributed by atoms with Gasteiger partial charge < -0.3 is 4.74 Å². The van der Waals surface area contributed by atoms with Gasteiger partial charge in [0.25, 0.3) is 10.0 Å². The zero-order chi connectivity index (χ0) is 15.9.